The maximum Gasteiger partial charge on any atom is 0.223 e. The van der Waals surface area contributed by atoms with Gasteiger partial charge in [0.2, 0.25) is 5.91 Å². The van der Waals surface area contributed by atoms with Crippen LogP contribution in [0.5, 0.6) is 0 Å². The van der Waals surface area contributed by atoms with Crippen LogP contribution in [0.4, 0.5) is 0 Å². The standard InChI is InChI=1S/C16H23NO/c1-5-8-9-13(7-3)14-10-15(14)16(18)17-11-12(4)6-2/h5-9,12,14-15H,1-2,10-11H2,3-4H3,(H,17,18)/b9-8-,13-7+/t12-,14-,15?/m0/s1. The second-order valence-electron chi connectivity index (χ2n) is 4.79. The van der Waals surface area contributed by atoms with Crippen LogP contribution in [0.25, 0.3) is 0 Å². The van der Waals surface area contributed by atoms with Crippen molar-refractivity contribution in [2.45, 2.75) is 20.3 Å². The Labute approximate surface area is 110 Å². The van der Waals surface area contributed by atoms with E-state index in [1.165, 1.54) is 5.57 Å². The fraction of sp³-hybridized carbons (Fsp3) is 0.438. The van der Waals surface area contributed by atoms with E-state index in [2.05, 4.69) is 24.6 Å². The molecule has 0 bridgehead atoms. The molecule has 0 spiro atoms. The molecule has 1 unspecified atom stereocenters. The second-order valence-corrected chi connectivity index (χ2v) is 4.79. The number of carbonyl (C=O) groups excluding carboxylic acids is 1. The van der Waals surface area contributed by atoms with Gasteiger partial charge in [-0.05, 0) is 30.8 Å². The van der Waals surface area contributed by atoms with Gasteiger partial charge in [0, 0.05) is 12.5 Å². The molecule has 98 valence electrons. The van der Waals surface area contributed by atoms with Crippen LogP contribution in [0.2, 0.25) is 0 Å². The van der Waals surface area contributed by atoms with Crippen LogP contribution in [0.3, 0.4) is 0 Å². The molecule has 1 rings (SSSR count). The van der Waals surface area contributed by atoms with Crippen LogP contribution in [0, 0.1) is 17.8 Å². The Morgan fingerprint density at radius 2 is 2.17 bits per heavy atom. The minimum absolute atomic E-state index is 0.141. The van der Waals surface area contributed by atoms with E-state index in [1.54, 1.807) is 6.08 Å². The largest absolute Gasteiger partial charge is 0.355 e. The van der Waals surface area contributed by atoms with E-state index in [1.807, 2.05) is 32.1 Å². The number of hydrogen-bond donors (Lipinski definition) is 1. The van der Waals surface area contributed by atoms with Gasteiger partial charge < -0.3 is 5.32 Å². The SMILES string of the molecule is C=C/C=C\C(=C/C)[C@@H]1CC1C(=O)NC[C@@H](C)C=C. The van der Waals surface area contributed by atoms with Crippen molar-refractivity contribution in [3.05, 3.63) is 49.1 Å². The molecule has 1 saturated carbocycles. The smallest absolute Gasteiger partial charge is 0.223 e. The molecular formula is C16H23NO. The summed E-state index contributed by atoms with van der Waals surface area (Å²) in [6.45, 7) is 12.1. The molecule has 0 aliphatic heterocycles. The first-order valence-electron chi connectivity index (χ1n) is 6.49. The van der Waals surface area contributed by atoms with E-state index in [0.29, 0.717) is 18.4 Å². The Hall–Kier alpha value is -1.57. The monoisotopic (exact) mass is 245 g/mol. The molecule has 2 heteroatoms. The molecular weight excluding hydrogens is 222 g/mol. The third kappa shape index (κ3) is 4.02. The predicted molar refractivity (Wildman–Crippen MR) is 77.1 cm³/mol. The highest BCUT2D eigenvalue weighted by molar-refractivity contribution is 5.82. The Bertz CT molecular complexity index is 379. The summed E-state index contributed by atoms with van der Waals surface area (Å²) in [6, 6.07) is 0. The zero-order valence-electron chi connectivity index (χ0n) is 11.4. The van der Waals surface area contributed by atoms with Crippen molar-refractivity contribution in [2.75, 3.05) is 6.54 Å². The fourth-order valence-corrected chi connectivity index (χ4v) is 1.94. The van der Waals surface area contributed by atoms with Crippen molar-refractivity contribution < 1.29 is 4.79 Å². The normalized spacial score (nSPS) is 24.7. The quantitative estimate of drug-likeness (QED) is 0.541. The minimum atomic E-state index is 0.141. The zero-order valence-corrected chi connectivity index (χ0v) is 11.4. The average Bonchev–Trinajstić information content (AvgIpc) is 3.16. The van der Waals surface area contributed by atoms with Crippen LogP contribution < -0.4 is 5.32 Å². The van der Waals surface area contributed by atoms with Crippen molar-refractivity contribution in [2.24, 2.45) is 17.8 Å². The third-order valence-corrected chi connectivity index (χ3v) is 3.31. The van der Waals surface area contributed by atoms with Crippen molar-refractivity contribution in [1.29, 1.82) is 0 Å². The molecule has 18 heavy (non-hydrogen) atoms. The number of nitrogens with one attached hydrogen (secondary N) is 1. The maximum atomic E-state index is 11.9. The van der Waals surface area contributed by atoms with Gasteiger partial charge in [0.05, 0.1) is 0 Å². The first-order valence-corrected chi connectivity index (χ1v) is 6.49. The maximum absolute atomic E-state index is 11.9. The molecule has 1 N–H and O–H groups in total. The molecule has 0 saturated heterocycles. The highest BCUT2D eigenvalue weighted by Crippen LogP contribution is 2.44. The van der Waals surface area contributed by atoms with Crippen molar-refractivity contribution in [3.8, 4) is 0 Å². The molecule has 0 radical (unpaired) electrons. The Morgan fingerprint density at radius 1 is 1.44 bits per heavy atom. The van der Waals surface area contributed by atoms with E-state index in [0.717, 1.165) is 6.42 Å². The van der Waals surface area contributed by atoms with Crippen molar-refractivity contribution in [1.82, 2.24) is 5.32 Å². The lowest BCUT2D eigenvalue weighted by Crippen LogP contribution is -2.29. The van der Waals surface area contributed by atoms with E-state index in [9.17, 15) is 4.79 Å². The number of allylic oxidation sites excluding steroid dienone is 5. The summed E-state index contributed by atoms with van der Waals surface area (Å²) in [6.07, 6.45) is 10.6. The molecule has 1 fully saturated rings. The number of rotatable bonds is 7. The van der Waals surface area contributed by atoms with Crippen LogP contribution in [-0.4, -0.2) is 12.5 Å². The zero-order chi connectivity index (χ0) is 13.5. The van der Waals surface area contributed by atoms with Crippen molar-refractivity contribution in [3.63, 3.8) is 0 Å². The van der Waals surface area contributed by atoms with E-state index < -0.39 is 0 Å². The first kappa shape index (κ1) is 14.5. The molecule has 1 aliphatic rings. The number of amides is 1. The van der Waals surface area contributed by atoms with Gasteiger partial charge in [0.15, 0.2) is 0 Å². The second kappa shape index (κ2) is 7.00. The minimum Gasteiger partial charge on any atom is -0.355 e. The fourth-order valence-electron chi connectivity index (χ4n) is 1.94. The van der Waals surface area contributed by atoms with Gasteiger partial charge in [-0.15, -0.1) is 6.58 Å². The summed E-state index contributed by atoms with van der Waals surface area (Å²) < 4.78 is 0. The van der Waals surface area contributed by atoms with Gasteiger partial charge in [-0.2, -0.15) is 0 Å². The van der Waals surface area contributed by atoms with Gasteiger partial charge in [-0.25, -0.2) is 0 Å². The molecule has 0 aromatic carbocycles. The van der Waals surface area contributed by atoms with Gasteiger partial charge in [0.25, 0.3) is 0 Å². The van der Waals surface area contributed by atoms with Gasteiger partial charge in [-0.1, -0.05) is 43.9 Å². The van der Waals surface area contributed by atoms with Gasteiger partial charge >= 0.3 is 0 Å². The lowest BCUT2D eigenvalue weighted by molar-refractivity contribution is -0.122. The van der Waals surface area contributed by atoms with Crippen LogP contribution in [0.1, 0.15) is 20.3 Å². The molecule has 1 amide bonds. The molecule has 0 aromatic heterocycles. The molecule has 2 nitrogen and oxygen atoms in total. The Morgan fingerprint density at radius 3 is 2.72 bits per heavy atom. The number of carbonyl (C=O) groups is 1. The molecule has 1 aliphatic carbocycles. The van der Waals surface area contributed by atoms with Gasteiger partial charge in [0.1, 0.15) is 0 Å². The predicted octanol–water partition coefficient (Wildman–Crippen LogP) is 3.25. The molecule has 3 atom stereocenters. The van der Waals surface area contributed by atoms with E-state index in [4.69, 9.17) is 0 Å². The summed E-state index contributed by atoms with van der Waals surface area (Å²) in [4.78, 5) is 11.9. The van der Waals surface area contributed by atoms with Crippen LogP contribution >= 0.6 is 0 Å². The number of hydrogen-bond acceptors (Lipinski definition) is 1. The van der Waals surface area contributed by atoms with E-state index in [-0.39, 0.29) is 11.8 Å². The summed E-state index contributed by atoms with van der Waals surface area (Å²) >= 11 is 0. The Balaban J connectivity index is 2.43. The third-order valence-electron chi connectivity index (χ3n) is 3.31. The summed E-state index contributed by atoms with van der Waals surface area (Å²) in [5.74, 6) is 1.01. The summed E-state index contributed by atoms with van der Waals surface area (Å²) in [7, 11) is 0. The summed E-state index contributed by atoms with van der Waals surface area (Å²) in [5, 5.41) is 2.98. The first-order chi connectivity index (χ1) is 8.63. The lowest BCUT2D eigenvalue weighted by Gasteiger charge is -2.08. The van der Waals surface area contributed by atoms with E-state index >= 15 is 0 Å². The Kier molecular flexibility index (Phi) is 5.63. The topological polar surface area (TPSA) is 29.1 Å². The van der Waals surface area contributed by atoms with Crippen molar-refractivity contribution >= 4 is 5.91 Å². The molecule has 0 aromatic rings. The highest BCUT2D eigenvalue weighted by Gasteiger charge is 2.44. The van der Waals surface area contributed by atoms with Gasteiger partial charge in [-0.3, -0.25) is 4.79 Å². The average molecular weight is 245 g/mol. The summed E-state index contributed by atoms with van der Waals surface area (Å²) in [5.41, 5.74) is 1.23. The lowest BCUT2D eigenvalue weighted by atomic mass is 10.1. The van der Waals surface area contributed by atoms with Crippen LogP contribution in [-0.2, 0) is 4.79 Å². The van der Waals surface area contributed by atoms with Crippen LogP contribution in [0.15, 0.2) is 49.1 Å². The molecule has 0 heterocycles. The highest BCUT2D eigenvalue weighted by atomic mass is 16.2.